The molecule has 0 heterocycles. The predicted octanol–water partition coefficient (Wildman–Crippen LogP) is 1.06. The van der Waals surface area contributed by atoms with Crippen LogP contribution < -0.4 is 0 Å². The third-order valence-electron chi connectivity index (χ3n) is 2.39. The molecular weight excluding hydrogens is 250 g/mol. The number of aliphatic hydroxyl groups is 1. The van der Waals surface area contributed by atoms with E-state index >= 15 is 0 Å². The number of sulfonamides is 1. The lowest BCUT2D eigenvalue weighted by molar-refractivity contribution is 0.350. The summed E-state index contributed by atoms with van der Waals surface area (Å²) in [6.45, 7) is 2.16. The normalized spacial score (nSPS) is 11.1. The Kier molecular flexibility index (Phi) is 5.35. The first-order valence-electron chi connectivity index (χ1n) is 5.68. The van der Waals surface area contributed by atoms with E-state index in [4.69, 9.17) is 5.11 Å². The van der Waals surface area contributed by atoms with Crippen LogP contribution in [-0.2, 0) is 10.0 Å². The fraction of sp³-hybridized carbons (Fsp3) is 0.385. The molecule has 0 radical (unpaired) electrons. The second-order valence-electron chi connectivity index (χ2n) is 3.81. The maximum Gasteiger partial charge on any atom is 0.242 e. The van der Waals surface area contributed by atoms with Crippen molar-refractivity contribution in [1.29, 1.82) is 0 Å². The number of aliphatic hydroxyl groups excluding tert-OH is 1. The summed E-state index contributed by atoms with van der Waals surface area (Å²) in [5.41, 5.74) is 0.579. The molecule has 0 saturated heterocycles. The van der Waals surface area contributed by atoms with Crippen LogP contribution in [0.15, 0.2) is 29.2 Å². The van der Waals surface area contributed by atoms with Crippen LogP contribution in [0.2, 0.25) is 0 Å². The molecule has 0 fully saturated rings. The molecule has 0 aliphatic rings. The summed E-state index contributed by atoms with van der Waals surface area (Å²) < 4.78 is 25.7. The third-order valence-corrected chi connectivity index (χ3v) is 4.25. The van der Waals surface area contributed by atoms with Crippen molar-refractivity contribution in [3.8, 4) is 11.8 Å². The van der Waals surface area contributed by atoms with Crippen molar-refractivity contribution in [2.75, 3.05) is 20.2 Å². The average Bonchev–Trinajstić information content (AvgIpc) is 2.37. The van der Waals surface area contributed by atoms with Crippen LogP contribution in [0.1, 0.15) is 18.9 Å². The molecule has 1 aromatic carbocycles. The van der Waals surface area contributed by atoms with Crippen LogP contribution in [0.25, 0.3) is 0 Å². The minimum atomic E-state index is -3.45. The Morgan fingerprint density at radius 3 is 2.72 bits per heavy atom. The van der Waals surface area contributed by atoms with Crippen molar-refractivity contribution in [1.82, 2.24) is 4.31 Å². The lowest BCUT2D eigenvalue weighted by Gasteiger charge is -2.16. The topological polar surface area (TPSA) is 57.6 Å². The highest BCUT2D eigenvalue weighted by atomic mass is 32.2. The molecule has 5 heteroatoms. The molecule has 0 bridgehead atoms. The largest absolute Gasteiger partial charge is 0.384 e. The minimum absolute atomic E-state index is 0.225. The quantitative estimate of drug-likeness (QED) is 0.830. The molecular formula is C13H17NO3S. The SMILES string of the molecule is CCCN(C)S(=O)(=O)c1cccc(C#CCO)c1. The van der Waals surface area contributed by atoms with Gasteiger partial charge in [0.15, 0.2) is 0 Å². The second-order valence-corrected chi connectivity index (χ2v) is 5.86. The fourth-order valence-corrected chi connectivity index (χ4v) is 2.80. The van der Waals surface area contributed by atoms with E-state index in [1.54, 1.807) is 25.2 Å². The second kappa shape index (κ2) is 6.55. The molecule has 0 spiro atoms. The van der Waals surface area contributed by atoms with Crippen LogP contribution in [0.4, 0.5) is 0 Å². The van der Waals surface area contributed by atoms with Gasteiger partial charge >= 0.3 is 0 Å². The lowest BCUT2D eigenvalue weighted by Crippen LogP contribution is -2.27. The molecule has 0 atom stereocenters. The van der Waals surface area contributed by atoms with Gasteiger partial charge in [0.25, 0.3) is 0 Å². The van der Waals surface area contributed by atoms with Crippen LogP contribution in [-0.4, -0.2) is 38.0 Å². The van der Waals surface area contributed by atoms with Gasteiger partial charge in [0, 0.05) is 19.2 Å². The Labute approximate surface area is 108 Å². The van der Waals surface area contributed by atoms with E-state index in [1.165, 1.54) is 10.4 Å². The highest BCUT2D eigenvalue weighted by Gasteiger charge is 2.19. The zero-order valence-electron chi connectivity index (χ0n) is 10.5. The van der Waals surface area contributed by atoms with Gasteiger partial charge in [-0.3, -0.25) is 0 Å². The monoisotopic (exact) mass is 267 g/mol. The zero-order chi connectivity index (χ0) is 13.6. The zero-order valence-corrected chi connectivity index (χ0v) is 11.4. The van der Waals surface area contributed by atoms with Gasteiger partial charge in [0.05, 0.1) is 4.90 Å². The van der Waals surface area contributed by atoms with Crippen LogP contribution >= 0.6 is 0 Å². The summed E-state index contributed by atoms with van der Waals surface area (Å²) in [4.78, 5) is 0.225. The van der Waals surface area contributed by atoms with E-state index in [1.807, 2.05) is 6.92 Å². The summed E-state index contributed by atoms with van der Waals surface area (Å²) in [6, 6.07) is 6.42. The van der Waals surface area contributed by atoms with Crippen molar-refractivity contribution in [3.05, 3.63) is 29.8 Å². The highest BCUT2D eigenvalue weighted by Crippen LogP contribution is 2.15. The van der Waals surface area contributed by atoms with Crippen LogP contribution in [0.3, 0.4) is 0 Å². The summed E-state index contributed by atoms with van der Waals surface area (Å²) >= 11 is 0. The molecule has 0 amide bonds. The third kappa shape index (κ3) is 3.57. The maximum absolute atomic E-state index is 12.2. The number of hydrogen-bond acceptors (Lipinski definition) is 3. The van der Waals surface area contributed by atoms with E-state index in [0.717, 1.165) is 6.42 Å². The molecule has 98 valence electrons. The van der Waals surface area contributed by atoms with Crippen molar-refractivity contribution in [2.45, 2.75) is 18.2 Å². The first-order chi connectivity index (χ1) is 8.52. The van der Waals surface area contributed by atoms with E-state index in [2.05, 4.69) is 11.8 Å². The molecule has 0 unspecified atom stereocenters. The molecule has 0 saturated carbocycles. The molecule has 4 nitrogen and oxygen atoms in total. The van der Waals surface area contributed by atoms with E-state index in [0.29, 0.717) is 12.1 Å². The Bertz CT molecular complexity index is 555. The Hall–Kier alpha value is -1.35. The first kappa shape index (κ1) is 14.7. The van der Waals surface area contributed by atoms with E-state index in [9.17, 15) is 8.42 Å². The number of benzene rings is 1. The number of hydrogen-bond donors (Lipinski definition) is 1. The number of rotatable bonds is 4. The van der Waals surface area contributed by atoms with Gasteiger partial charge in [-0.05, 0) is 24.6 Å². The van der Waals surface area contributed by atoms with Gasteiger partial charge in [-0.15, -0.1) is 0 Å². The Balaban J connectivity index is 3.10. The van der Waals surface area contributed by atoms with Gasteiger partial charge < -0.3 is 5.11 Å². The molecule has 0 aliphatic heterocycles. The van der Waals surface area contributed by atoms with Gasteiger partial charge in [-0.1, -0.05) is 24.8 Å². The summed E-state index contributed by atoms with van der Waals surface area (Å²) in [5, 5.41) is 8.61. The molecule has 18 heavy (non-hydrogen) atoms. The van der Waals surface area contributed by atoms with Crippen LogP contribution in [0.5, 0.6) is 0 Å². The lowest BCUT2D eigenvalue weighted by atomic mass is 10.2. The summed E-state index contributed by atoms with van der Waals surface area (Å²) in [6.07, 6.45) is 0.764. The highest BCUT2D eigenvalue weighted by molar-refractivity contribution is 7.89. The summed E-state index contributed by atoms with van der Waals surface area (Å²) in [7, 11) is -1.89. The molecule has 1 rings (SSSR count). The molecule has 1 aromatic rings. The van der Waals surface area contributed by atoms with Gasteiger partial charge in [-0.2, -0.15) is 0 Å². The van der Waals surface area contributed by atoms with Crippen molar-refractivity contribution in [2.24, 2.45) is 0 Å². The summed E-state index contributed by atoms with van der Waals surface area (Å²) in [5.74, 6) is 5.19. The van der Waals surface area contributed by atoms with E-state index < -0.39 is 10.0 Å². The van der Waals surface area contributed by atoms with Crippen molar-refractivity contribution < 1.29 is 13.5 Å². The Morgan fingerprint density at radius 1 is 1.39 bits per heavy atom. The number of nitrogens with zero attached hydrogens (tertiary/aromatic N) is 1. The van der Waals surface area contributed by atoms with Gasteiger partial charge in [0.1, 0.15) is 6.61 Å². The molecule has 1 N–H and O–H groups in total. The maximum atomic E-state index is 12.2. The standard InChI is InChI=1S/C13H17NO3S/c1-3-9-14(2)18(16,17)13-8-4-6-12(11-13)7-5-10-15/h4,6,8,11,15H,3,9-10H2,1-2H3. The smallest absolute Gasteiger partial charge is 0.242 e. The van der Waals surface area contributed by atoms with Crippen molar-refractivity contribution in [3.63, 3.8) is 0 Å². The van der Waals surface area contributed by atoms with Gasteiger partial charge in [0.2, 0.25) is 10.0 Å². The first-order valence-corrected chi connectivity index (χ1v) is 7.12. The van der Waals surface area contributed by atoms with Crippen molar-refractivity contribution >= 4 is 10.0 Å². The van der Waals surface area contributed by atoms with Gasteiger partial charge in [-0.25, -0.2) is 12.7 Å². The Morgan fingerprint density at radius 2 is 2.11 bits per heavy atom. The van der Waals surface area contributed by atoms with Crippen LogP contribution in [0, 0.1) is 11.8 Å². The minimum Gasteiger partial charge on any atom is -0.384 e. The van der Waals surface area contributed by atoms with E-state index in [-0.39, 0.29) is 11.5 Å². The predicted molar refractivity (Wildman–Crippen MR) is 70.5 cm³/mol. The molecule has 0 aliphatic carbocycles. The molecule has 0 aromatic heterocycles. The fourth-order valence-electron chi connectivity index (χ4n) is 1.49. The average molecular weight is 267 g/mol.